The largest absolute Gasteiger partial charge is 0.481 e. The summed E-state index contributed by atoms with van der Waals surface area (Å²) < 4.78 is 6.03. The molecule has 0 aromatic heterocycles. The predicted octanol–water partition coefficient (Wildman–Crippen LogP) is 16.1. The first-order chi connectivity index (χ1) is 25.6. The van der Waals surface area contributed by atoms with E-state index in [2.05, 4.69) is 50.3 Å². The van der Waals surface area contributed by atoms with Crippen LogP contribution in [-0.4, -0.2) is 23.1 Å². The van der Waals surface area contributed by atoms with E-state index in [9.17, 15) is 9.59 Å². The van der Waals surface area contributed by atoms with Crippen molar-refractivity contribution in [2.24, 2.45) is 0 Å². The number of carbonyl (C=O) groups is 2. The summed E-state index contributed by atoms with van der Waals surface area (Å²) >= 11 is 0. The Balaban J connectivity index is 4.01. The Bertz CT molecular complexity index is 828. The fraction of sp³-hybridized carbons (Fsp3) is 0.833. The van der Waals surface area contributed by atoms with Gasteiger partial charge in [0.1, 0.15) is 6.10 Å². The van der Waals surface area contributed by atoms with E-state index >= 15 is 0 Å². The molecule has 0 bridgehead atoms. The summed E-state index contributed by atoms with van der Waals surface area (Å²) in [5.74, 6) is -0.708. The Morgan fingerprint density at radius 3 is 1.21 bits per heavy atom. The van der Waals surface area contributed by atoms with Crippen molar-refractivity contribution in [1.29, 1.82) is 0 Å². The van der Waals surface area contributed by atoms with Crippen molar-refractivity contribution in [1.82, 2.24) is 0 Å². The summed E-state index contributed by atoms with van der Waals surface area (Å²) in [5, 5.41) is 8.85. The maximum absolute atomic E-state index is 12.7. The number of rotatable bonds is 42. The highest BCUT2D eigenvalue weighted by atomic mass is 16.5. The molecule has 0 aromatic carbocycles. The van der Waals surface area contributed by atoms with Crippen LogP contribution in [0.3, 0.4) is 0 Å². The van der Waals surface area contributed by atoms with Gasteiger partial charge in [-0.3, -0.25) is 9.59 Å². The van der Waals surface area contributed by atoms with Crippen LogP contribution >= 0.6 is 0 Å². The Morgan fingerprint density at radius 1 is 0.423 bits per heavy atom. The third kappa shape index (κ3) is 42.6. The van der Waals surface area contributed by atoms with Gasteiger partial charge in [-0.25, -0.2) is 0 Å². The van der Waals surface area contributed by atoms with Crippen LogP contribution in [0.15, 0.2) is 36.5 Å². The van der Waals surface area contributed by atoms with Gasteiger partial charge < -0.3 is 9.84 Å². The number of carboxylic acid groups (broad SMARTS) is 1. The van der Waals surface area contributed by atoms with Crippen molar-refractivity contribution in [2.75, 3.05) is 0 Å². The smallest absolute Gasteiger partial charge is 0.306 e. The van der Waals surface area contributed by atoms with Crippen molar-refractivity contribution in [3.8, 4) is 0 Å². The Kier molecular flexibility index (Phi) is 42.0. The monoisotopic (exact) mass is 729 g/mol. The van der Waals surface area contributed by atoms with Gasteiger partial charge in [0, 0.05) is 12.8 Å². The molecule has 304 valence electrons. The molecule has 0 fully saturated rings. The van der Waals surface area contributed by atoms with Gasteiger partial charge in [-0.1, -0.05) is 179 Å². The second-order valence-corrected chi connectivity index (χ2v) is 15.6. The van der Waals surface area contributed by atoms with Crippen molar-refractivity contribution in [2.45, 2.75) is 258 Å². The van der Waals surface area contributed by atoms with Crippen molar-refractivity contribution >= 4 is 11.9 Å². The number of aliphatic carboxylic acids is 1. The molecule has 0 amide bonds. The third-order valence-corrected chi connectivity index (χ3v) is 10.3. The van der Waals surface area contributed by atoms with E-state index in [1.54, 1.807) is 0 Å². The van der Waals surface area contributed by atoms with Gasteiger partial charge in [-0.15, -0.1) is 0 Å². The number of ether oxygens (including phenoxy) is 1. The van der Waals surface area contributed by atoms with Crippen LogP contribution < -0.4 is 0 Å². The van der Waals surface area contributed by atoms with Crippen LogP contribution in [0.25, 0.3) is 0 Å². The third-order valence-electron chi connectivity index (χ3n) is 10.3. The van der Waals surface area contributed by atoms with Crippen molar-refractivity contribution in [3.05, 3.63) is 36.5 Å². The zero-order valence-corrected chi connectivity index (χ0v) is 34.9. The predicted molar refractivity (Wildman–Crippen MR) is 227 cm³/mol. The topological polar surface area (TPSA) is 63.6 Å². The zero-order chi connectivity index (χ0) is 37.8. The number of allylic oxidation sites excluding steroid dienone is 6. The Hall–Kier alpha value is -1.84. The Morgan fingerprint density at radius 2 is 0.750 bits per heavy atom. The van der Waals surface area contributed by atoms with E-state index in [-0.39, 0.29) is 18.5 Å². The minimum Gasteiger partial charge on any atom is -0.481 e. The molecule has 4 heteroatoms. The van der Waals surface area contributed by atoms with E-state index in [1.807, 2.05) is 0 Å². The lowest BCUT2D eigenvalue weighted by Crippen LogP contribution is -2.18. The molecule has 0 saturated carbocycles. The summed E-state index contributed by atoms with van der Waals surface area (Å²) in [7, 11) is 0. The lowest BCUT2D eigenvalue weighted by Gasteiger charge is -2.18. The summed E-state index contributed by atoms with van der Waals surface area (Å²) in [6.07, 6.45) is 57.5. The maximum atomic E-state index is 12.7. The van der Waals surface area contributed by atoms with Crippen LogP contribution in [-0.2, 0) is 14.3 Å². The number of hydrogen-bond acceptors (Lipinski definition) is 3. The average molecular weight is 729 g/mol. The second kappa shape index (κ2) is 43.6. The molecule has 0 rings (SSSR count). The van der Waals surface area contributed by atoms with Gasteiger partial charge in [0.2, 0.25) is 0 Å². The molecule has 0 spiro atoms. The number of carboxylic acids is 1. The fourth-order valence-corrected chi connectivity index (χ4v) is 6.92. The van der Waals surface area contributed by atoms with E-state index < -0.39 is 5.97 Å². The molecule has 0 aromatic rings. The van der Waals surface area contributed by atoms with Crippen LogP contribution in [0.5, 0.6) is 0 Å². The van der Waals surface area contributed by atoms with Gasteiger partial charge in [0.05, 0.1) is 0 Å². The molecule has 0 radical (unpaired) electrons. The summed E-state index contributed by atoms with van der Waals surface area (Å²) in [6.45, 7) is 4.54. The molecule has 1 unspecified atom stereocenters. The lowest BCUT2D eigenvalue weighted by molar-refractivity contribution is -0.150. The van der Waals surface area contributed by atoms with Gasteiger partial charge in [0.15, 0.2) is 0 Å². The van der Waals surface area contributed by atoms with Gasteiger partial charge in [-0.05, 0) is 96.3 Å². The quantitative estimate of drug-likeness (QED) is 0.0386. The van der Waals surface area contributed by atoms with E-state index in [0.29, 0.717) is 6.42 Å². The molecule has 0 aliphatic carbocycles. The SMILES string of the molecule is CCCCC/C=C\C/C=C\CCCCCCCCCCCC(=O)OC(CCCCC/C=C\CCCCCCCCCC)CCCCCCCC(=O)O. The van der Waals surface area contributed by atoms with Crippen LogP contribution in [0.4, 0.5) is 0 Å². The van der Waals surface area contributed by atoms with Crippen molar-refractivity contribution < 1.29 is 19.4 Å². The molecular weight excluding hydrogens is 641 g/mol. The highest BCUT2D eigenvalue weighted by Crippen LogP contribution is 2.19. The molecule has 0 heterocycles. The molecule has 1 N–H and O–H groups in total. The molecule has 0 saturated heterocycles. The average Bonchev–Trinajstić information content (AvgIpc) is 3.13. The minimum absolute atomic E-state index is 0.00704. The first-order valence-electron chi connectivity index (χ1n) is 23.0. The molecular formula is C48H88O4. The first kappa shape index (κ1) is 50.2. The van der Waals surface area contributed by atoms with Crippen LogP contribution in [0.1, 0.15) is 251 Å². The highest BCUT2D eigenvalue weighted by Gasteiger charge is 2.14. The number of hydrogen-bond donors (Lipinski definition) is 1. The van der Waals surface area contributed by atoms with E-state index in [4.69, 9.17) is 9.84 Å². The molecule has 1 atom stereocenters. The van der Waals surface area contributed by atoms with Gasteiger partial charge in [-0.2, -0.15) is 0 Å². The normalized spacial score (nSPS) is 12.5. The highest BCUT2D eigenvalue weighted by molar-refractivity contribution is 5.69. The van der Waals surface area contributed by atoms with Gasteiger partial charge in [0.25, 0.3) is 0 Å². The maximum Gasteiger partial charge on any atom is 0.306 e. The first-order valence-corrected chi connectivity index (χ1v) is 23.0. The zero-order valence-electron chi connectivity index (χ0n) is 34.9. The van der Waals surface area contributed by atoms with Gasteiger partial charge >= 0.3 is 11.9 Å². The van der Waals surface area contributed by atoms with Crippen LogP contribution in [0.2, 0.25) is 0 Å². The summed E-state index contributed by atoms with van der Waals surface area (Å²) in [5.41, 5.74) is 0. The standard InChI is InChI=1S/C48H88O4/c1-3-5-7-9-11-13-15-17-19-20-21-22-24-26-28-30-32-37-41-45-48(51)52-46(43-39-35-33-36-40-44-47(49)50)42-38-34-31-29-27-25-23-18-16-14-12-10-8-6-4-2/h11,13,17,19,25,27,46H,3-10,12,14-16,18,20-24,26,28-45H2,1-2H3,(H,49,50)/b13-11-,19-17-,27-25-. The lowest BCUT2D eigenvalue weighted by atomic mass is 10.0. The minimum atomic E-state index is -0.701. The number of esters is 1. The molecule has 0 aliphatic rings. The van der Waals surface area contributed by atoms with Crippen molar-refractivity contribution in [3.63, 3.8) is 0 Å². The molecule has 52 heavy (non-hydrogen) atoms. The fourth-order valence-electron chi connectivity index (χ4n) is 6.92. The second-order valence-electron chi connectivity index (χ2n) is 15.6. The van der Waals surface area contributed by atoms with E-state index in [1.165, 1.54) is 148 Å². The molecule has 4 nitrogen and oxygen atoms in total. The Labute approximate surface area is 324 Å². The number of carbonyl (C=O) groups excluding carboxylic acids is 1. The van der Waals surface area contributed by atoms with E-state index in [0.717, 1.165) is 77.0 Å². The summed E-state index contributed by atoms with van der Waals surface area (Å²) in [4.78, 5) is 23.5. The molecule has 0 aliphatic heterocycles. The summed E-state index contributed by atoms with van der Waals surface area (Å²) in [6, 6.07) is 0. The number of unbranched alkanes of at least 4 members (excludes halogenated alkanes) is 27. The van der Waals surface area contributed by atoms with Crippen LogP contribution in [0, 0.1) is 0 Å².